The van der Waals surface area contributed by atoms with E-state index in [0.717, 1.165) is 37.2 Å². The molecule has 0 saturated carbocycles. The number of aromatic nitrogens is 1. The fourth-order valence-corrected chi connectivity index (χ4v) is 3.77. The summed E-state index contributed by atoms with van der Waals surface area (Å²) in [5, 5.41) is 3.13. The molecular weight excluding hydrogens is 376 g/mol. The smallest absolute Gasteiger partial charge is 0.318 e. The van der Waals surface area contributed by atoms with Crippen molar-refractivity contribution in [3.05, 3.63) is 53.9 Å². The molecule has 6 heteroatoms. The van der Waals surface area contributed by atoms with Crippen LogP contribution in [0.3, 0.4) is 0 Å². The number of benzene rings is 1. The first-order chi connectivity index (χ1) is 14.4. The van der Waals surface area contributed by atoms with Gasteiger partial charge in [-0.25, -0.2) is 4.79 Å². The average molecular weight is 413 g/mol. The molecule has 1 fully saturated rings. The molecule has 1 aliphatic heterocycles. The molecule has 0 radical (unpaired) electrons. The predicted molar refractivity (Wildman–Crippen MR) is 120 cm³/mol. The van der Waals surface area contributed by atoms with E-state index in [2.05, 4.69) is 43.4 Å². The van der Waals surface area contributed by atoms with Crippen LogP contribution in [-0.2, 0) is 20.1 Å². The van der Waals surface area contributed by atoms with Gasteiger partial charge in [-0.2, -0.15) is 0 Å². The summed E-state index contributed by atoms with van der Waals surface area (Å²) in [5.41, 5.74) is 2.24. The summed E-state index contributed by atoms with van der Waals surface area (Å²) < 4.78 is 7.77. The number of nitrogens with zero attached hydrogens (tertiary/aromatic N) is 3. The van der Waals surface area contributed by atoms with E-state index in [-0.39, 0.29) is 12.1 Å². The molecule has 0 bridgehead atoms. The zero-order chi connectivity index (χ0) is 21.5. The van der Waals surface area contributed by atoms with Crippen molar-refractivity contribution in [3.8, 4) is 5.75 Å². The van der Waals surface area contributed by atoms with Gasteiger partial charge in [-0.3, -0.25) is 0 Å². The lowest BCUT2D eigenvalue weighted by molar-refractivity contribution is 0.127. The van der Waals surface area contributed by atoms with E-state index in [4.69, 9.17) is 4.74 Å². The van der Waals surface area contributed by atoms with Gasteiger partial charge < -0.3 is 24.4 Å². The molecule has 164 valence electrons. The molecular formula is C24H36N4O2. The van der Waals surface area contributed by atoms with Crippen molar-refractivity contribution < 1.29 is 9.53 Å². The topological polar surface area (TPSA) is 49.7 Å². The number of carbonyl (C=O) groups is 1. The van der Waals surface area contributed by atoms with Gasteiger partial charge in [0.05, 0.1) is 6.61 Å². The van der Waals surface area contributed by atoms with E-state index in [9.17, 15) is 4.79 Å². The molecule has 0 spiro atoms. The highest BCUT2D eigenvalue weighted by Crippen LogP contribution is 2.19. The summed E-state index contributed by atoms with van der Waals surface area (Å²) in [5.74, 6) is 1.37. The van der Waals surface area contributed by atoms with Crippen LogP contribution in [0.25, 0.3) is 0 Å². The highest BCUT2D eigenvalue weighted by Gasteiger charge is 2.27. The molecule has 3 rings (SSSR count). The Morgan fingerprint density at radius 2 is 1.83 bits per heavy atom. The number of likely N-dealkylation sites (tertiary alicyclic amines) is 1. The van der Waals surface area contributed by atoms with E-state index in [1.807, 2.05) is 47.0 Å². The number of hydrogen-bond acceptors (Lipinski definition) is 3. The first-order valence-corrected chi connectivity index (χ1v) is 11.0. The minimum absolute atomic E-state index is 0.00791. The van der Waals surface area contributed by atoms with Crippen molar-refractivity contribution in [1.29, 1.82) is 0 Å². The van der Waals surface area contributed by atoms with Gasteiger partial charge in [0.2, 0.25) is 0 Å². The molecule has 1 aromatic carbocycles. The van der Waals surface area contributed by atoms with Crippen LogP contribution < -0.4 is 10.1 Å². The quantitative estimate of drug-likeness (QED) is 0.716. The normalized spacial score (nSPS) is 15.4. The number of piperidine rings is 1. The highest BCUT2D eigenvalue weighted by atomic mass is 16.5. The van der Waals surface area contributed by atoms with Crippen molar-refractivity contribution in [3.63, 3.8) is 0 Å². The Kier molecular flexibility index (Phi) is 7.80. The Morgan fingerprint density at radius 3 is 2.43 bits per heavy atom. The fourth-order valence-electron chi connectivity index (χ4n) is 3.77. The van der Waals surface area contributed by atoms with E-state index >= 15 is 0 Å². The second-order valence-corrected chi connectivity index (χ2v) is 8.86. The predicted octanol–water partition coefficient (Wildman–Crippen LogP) is 3.87. The minimum atomic E-state index is 0.00791. The SMILES string of the molecule is CC(C)COc1ccc(CNC(=O)N(Cc2ccn(C)c2)C2CCN(C)CC2)cc1. The van der Waals surface area contributed by atoms with Crippen molar-refractivity contribution >= 4 is 6.03 Å². The van der Waals surface area contributed by atoms with Crippen LogP contribution in [0.2, 0.25) is 0 Å². The van der Waals surface area contributed by atoms with Gasteiger partial charge in [0.15, 0.2) is 0 Å². The molecule has 2 aromatic rings. The Balaban J connectivity index is 1.59. The van der Waals surface area contributed by atoms with Gasteiger partial charge in [-0.05, 0) is 68.2 Å². The number of aryl methyl sites for hydroxylation is 1. The number of nitrogens with one attached hydrogen (secondary N) is 1. The van der Waals surface area contributed by atoms with E-state index < -0.39 is 0 Å². The largest absolute Gasteiger partial charge is 0.493 e. The standard InChI is InChI=1S/C24H36N4O2/c1-19(2)18-30-23-7-5-20(6-8-23)15-25-24(29)28(17-21-9-12-27(4)16-21)22-10-13-26(3)14-11-22/h5-9,12,16,19,22H,10-11,13-15,17-18H2,1-4H3,(H,25,29). The Morgan fingerprint density at radius 1 is 1.13 bits per heavy atom. The lowest BCUT2D eigenvalue weighted by atomic mass is 10.0. The third-order valence-corrected chi connectivity index (χ3v) is 5.59. The van der Waals surface area contributed by atoms with Crippen LogP contribution in [0.4, 0.5) is 4.79 Å². The lowest BCUT2D eigenvalue weighted by Gasteiger charge is -2.37. The first kappa shape index (κ1) is 22.2. The maximum atomic E-state index is 13.1. The van der Waals surface area contributed by atoms with Gasteiger partial charge >= 0.3 is 6.03 Å². The maximum absolute atomic E-state index is 13.1. The molecule has 30 heavy (non-hydrogen) atoms. The lowest BCUT2D eigenvalue weighted by Crippen LogP contribution is -2.49. The molecule has 1 N–H and O–H groups in total. The van der Waals surface area contributed by atoms with Crippen LogP contribution in [0.1, 0.15) is 37.8 Å². The molecule has 1 aliphatic rings. The monoisotopic (exact) mass is 412 g/mol. The zero-order valence-electron chi connectivity index (χ0n) is 18.8. The Hall–Kier alpha value is -2.47. The summed E-state index contributed by atoms with van der Waals surface area (Å²) in [4.78, 5) is 17.5. The number of ether oxygens (including phenoxy) is 1. The van der Waals surface area contributed by atoms with Crippen molar-refractivity contribution in [2.75, 3.05) is 26.7 Å². The third-order valence-electron chi connectivity index (χ3n) is 5.59. The molecule has 1 saturated heterocycles. The molecule has 6 nitrogen and oxygen atoms in total. The van der Waals surface area contributed by atoms with E-state index in [1.54, 1.807) is 0 Å². The van der Waals surface area contributed by atoms with E-state index in [1.165, 1.54) is 5.56 Å². The van der Waals surface area contributed by atoms with Crippen LogP contribution in [0, 0.1) is 5.92 Å². The number of hydrogen-bond donors (Lipinski definition) is 1. The van der Waals surface area contributed by atoms with Crippen LogP contribution in [0.5, 0.6) is 5.75 Å². The molecule has 1 aromatic heterocycles. The fraction of sp³-hybridized carbons (Fsp3) is 0.542. The summed E-state index contributed by atoms with van der Waals surface area (Å²) in [6.45, 7) is 8.19. The average Bonchev–Trinajstić information content (AvgIpc) is 3.15. The molecule has 0 unspecified atom stereocenters. The molecule has 2 amide bonds. The van der Waals surface area contributed by atoms with E-state index in [0.29, 0.717) is 25.6 Å². The minimum Gasteiger partial charge on any atom is -0.493 e. The molecule has 0 atom stereocenters. The zero-order valence-corrected chi connectivity index (χ0v) is 18.8. The van der Waals surface area contributed by atoms with Crippen LogP contribution >= 0.6 is 0 Å². The number of rotatable bonds is 8. The third kappa shape index (κ3) is 6.52. The summed E-state index contributed by atoms with van der Waals surface area (Å²) in [7, 11) is 4.16. The van der Waals surface area contributed by atoms with Gasteiger partial charge in [0.25, 0.3) is 0 Å². The number of carbonyl (C=O) groups excluding carboxylic acids is 1. The number of amides is 2. The van der Waals surface area contributed by atoms with Gasteiger partial charge in [0.1, 0.15) is 5.75 Å². The van der Waals surface area contributed by atoms with Crippen LogP contribution in [0.15, 0.2) is 42.7 Å². The summed E-state index contributed by atoms with van der Waals surface area (Å²) >= 11 is 0. The van der Waals surface area contributed by atoms with Gasteiger partial charge in [-0.1, -0.05) is 26.0 Å². The molecule has 2 heterocycles. The maximum Gasteiger partial charge on any atom is 0.318 e. The van der Waals surface area contributed by atoms with Crippen LogP contribution in [-0.4, -0.2) is 53.2 Å². The molecule has 0 aliphatic carbocycles. The van der Waals surface area contributed by atoms with Gasteiger partial charge in [-0.15, -0.1) is 0 Å². The summed E-state index contributed by atoms with van der Waals surface area (Å²) in [6.07, 6.45) is 6.14. The van der Waals surface area contributed by atoms with Gasteiger partial charge in [0, 0.05) is 38.6 Å². The second kappa shape index (κ2) is 10.5. The van der Waals surface area contributed by atoms with Crippen molar-refractivity contribution in [1.82, 2.24) is 19.7 Å². The Labute approximate surface area is 180 Å². The first-order valence-electron chi connectivity index (χ1n) is 11.0. The summed E-state index contributed by atoms with van der Waals surface area (Å²) in [6, 6.07) is 10.4. The van der Waals surface area contributed by atoms with Crippen molar-refractivity contribution in [2.45, 2.75) is 45.8 Å². The highest BCUT2D eigenvalue weighted by molar-refractivity contribution is 5.74. The number of urea groups is 1. The Bertz CT molecular complexity index is 792. The second-order valence-electron chi connectivity index (χ2n) is 8.86. The van der Waals surface area contributed by atoms with Crippen molar-refractivity contribution in [2.24, 2.45) is 13.0 Å².